The van der Waals surface area contributed by atoms with Crippen molar-refractivity contribution in [1.82, 2.24) is 5.32 Å². The van der Waals surface area contributed by atoms with Gasteiger partial charge in [0, 0.05) is 18.0 Å². The lowest BCUT2D eigenvalue weighted by Gasteiger charge is -2.26. The van der Waals surface area contributed by atoms with Gasteiger partial charge in [-0.15, -0.1) is 0 Å². The first kappa shape index (κ1) is 13.3. The second-order valence-electron chi connectivity index (χ2n) is 5.96. The molecule has 1 aliphatic heterocycles. The predicted octanol–water partition coefficient (Wildman–Crippen LogP) is 3.90. The molecule has 19 heavy (non-hydrogen) atoms. The van der Waals surface area contributed by atoms with Crippen molar-refractivity contribution >= 4 is 11.6 Å². The number of halogens is 1. The highest BCUT2D eigenvalue weighted by Gasteiger charge is 2.25. The molecule has 1 heterocycles. The molecule has 0 aromatic heterocycles. The third-order valence-electron chi connectivity index (χ3n) is 4.11. The van der Waals surface area contributed by atoms with E-state index < -0.39 is 0 Å². The van der Waals surface area contributed by atoms with Crippen molar-refractivity contribution in [3.8, 4) is 5.75 Å². The zero-order valence-corrected chi connectivity index (χ0v) is 12.3. The van der Waals surface area contributed by atoms with Crippen molar-refractivity contribution in [2.75, 3.05) is 19.7 Å². The summed E-state index contributed by atoms with van der Waals surface area (Å²) in [4.78, 5) is 0. The quantitative estimate of drug-likeness (QED) is 0.902. The van der Waals surface area contributed by atoms with Gasteiger partial charge in [-0.25, -0.2) is 0 Å². The number of hydrogen-bond donors (Lipinski definition) is 1. The summed E-state index contributed by atoms with van der Waals surface area (Å²) in [5, 5.41) is 4.26. The van der Waals surface area contributed by atoms with Crippen molar-refractivity contribution in [3.63, 3.8) is 0 Å². The first-order valence-corrected chi connectivity index (χ1v) is 7.75. The first-order valence-electron chi connectivity index (χ1n) is 7.37. The maximum absolute atomic E-state index is 6.41. The molecule has 2 fully saturated rings. The largest absolute Gasteiger partial charge is 0.491 e. The Hall–Kier alpha value is -0.730. The summed E-state index contributed by atoms with van der Waals surface area (Å²) in [6.45, 7) is 5.11. The third-order valence-corrected chi connectivity index (χ3v) is 4.39. The number of piperidine rings is 1. The fraction of sp³-hybridized carbons (Fsp3) is 0.625. The average molecular weight is 280 g/mol. The van der Waals surface area contributed by atoms with E-state index in [1.54, 1.807) is 0 Å². The number of rotatable bonds is 4. The SMILES string of the molecule is Cc1cc(Cl)c(OCC2CC2)c(C2CCCNC2)c1. The van der Waals surface area contributed by atoms with E-state index in [1.807, 2.05) is 6.07 Å². The van der Waals surface area contributed by atoms with Crippen LogP contribution in [0.5, 0.6) is 5.75 Å². The molecule has 1 saturated heterocycles. The molecule has 0 spiro atoms. The van der Waals surface area contributed by atoms with Crippen LogP contribution in [0.1, 0.15) is 42.7 Å². The number of nitrogens with one attached hydrogen (secondary N) is 1. The molecule has 0 radical (unpaired) electrons. The molecule has 1 saturated carbocycles. The van der Waals surface area contributed by atoms with E-state index in [0.717, 1.165) is 36.4 Å². The lowest BCUT2D eigenvalue weighted by atomic mass is 9.90. The van der Waals surface area contributed by atoms with Gasteiger partial charge >= 0.3 is 0 Å². The van der Waals surface area contributed by atoms with Crippen molar-refractivity contribution in [3.05, 3.63) is 28.3 Å². The fourth-order valence-corrected chi connectivity index (χ4v) is 3.15. The molecule has 1 aliphatic carbocycles. The minimum Gasteiger partial charge on any atom is -0.491 e. The van der Waals surface area contributed by atoms with Gasteiger partial charge in [0.25, 0.3) is 0 Å². The molecule has 1 N–H and O–H groups in total. The molecule has 1 aromatic rings. The van der Waals surface area contributed by atoms with E-state index >= 15 is 0 Å². The molecule has 2 aliphatic rings. The standard InChI is InChI=1S/C16H22ClNO/c1-11-7-14(13-3-2-6-18-9-13)16(15(17)8-11)19-10-12-4-5-12/h7-8,12-13,18H,2-6,9-10H2,1H3. The van der Waals surface area contributed by atoms with Crippen molar-refractivity contribution in [1.29, 1.82) is 0 Å². The maximum Gasteiger partial charge on any atom is 0.141 e. The predicted molar refractivity (Wildman–Crippen MR) is 79.3 cm³/mol. The molecular weight excluding hydrogens is 258 g/mol. The molecule has 3 heteroatoms. The van der Waals surface area contributed by atoms with Crippen LogP contribution in [0.4, 0.5) is 0 Å². The van der Waals surface area contributed by atoms with Gasteiger partial charge in [-0.2, -0.15) is 0 Å². The molecule has 1 atom stereocenters. The molecular formula is C16H22ClNO. The van der Waals surface area contributed by atoms with Gasteiger partial charge in [0.05, 0.1) is 11.6 Å². The highest BCUT2D eigenvalue weighted by molar-refractivity contribution is 6.32. The van der Waals surface area contributed by atoms with E-state index in [-0.39, 0.29) is 0 Å². The molecule has 1 aromatic carbocycles. The monoisotopic (exact) mass is 279 g/mol. The Kier molecular flexibility index (Phi) is 3.99. The fourth-order valence-electron chi connectivity index (χ4n) is 2.81. The van der Waals surface area contributed by atoms with E-state index in [2.05, 4.69) is 18.3 Å². The summed E-state index contributed by atoms with van der Waals surface area (Å²) in [7, 11) is 0. The van der Waals surface area contributed by atoms with Gasteiger partial charge in [0.2, 0.25) is 0 Å². The number of hydrogen-bond acceptors (Lipinski definition) is 2. The van der Waals surface area contributed by atoms with Crippen molar-refractivity contribution in [2.45, 2.75) is 38.5 Å². The molecule has 104 valence electrons. The number of benzene rings is 1. The van der Waals surface area contributed by atoms with Crippen LogP contribution in [0, 0.1) is 12.8 Å². The van der Waals surface area contributed by atoms with Crippen LogP contribution in [0.25, 0.3) is 0 Å². The van der Waals surface area contributed by atoms with E-state index in [4.69, 9.17) is 16.3 Å². The Morgan fingerprint density at radius 1 is 1.32 bits per heavy atom. The van der Waals surface area contributed by atoms with Gasteiger partial charge < -0.3 is 10.1 Å². The van der Waals surface area contributed by atoms with Crippen LogP contribution in [0.3, 0.4) is 0 Å². The van der Waals surface area contributed by atoms with Crippen LogP contribution >= 0.6 is 11.6 Å². The maximum atomic E-state index is 6.41. The van der Waals surface area contributed by atoms with E-state index in [1.165, 1.54) is 36.8 Å². The zero-order chi connectivity index (χ0) is 13.2. The Morgan fingerprint density at radius 3 is 2.84 bits per heavy atom. The van der Waals surface area contributed by atoms with Gasteiger partial charge in [-0.05, 0) is 56.7 Å². The van der Waals surface area contributed by atoms with Crippen molar-refractivity contribution < 1.29 is 4.74 Å². The molecule has 1 unspecified atom stereocenters. The molecule has 0 bridgehead atoms. The van der Waals surface area contributed by atoms with Crippen LogP contribution in [0.2, 0.25) is 5.02 Å². The molecule has 0 amide bonds. The topological polar surface area (TPSA) is 21.3 Å². The van der Waals surface area contributed by atoms with Gasteiger partial charge in [0.15, 0.2) is 0 Å². The Bertz CT molecular complexity index is 450. The third kappa shape index (κ3) is 3.24. The average Bonchev–Trinajstić information content (AvgIpc) is 3.22. The number of aryl methyl sites for hydroxylation is 1. The minimum atomic E-state index is 0.542. The van der Waals surface area contributed by atoms with Crippen molar-refractivity contribution in [2.24, 2.45) is 5.92 Å². The lowest BCUT2D eigenvalue weighted by Crippen LogP contribution is -2.28. The molecule has 3 rings (SSSR count). The van der Waals surface area contributed by atoms with Crippen LogP contribution < -0.4 is 10.1 Å². The summed E-state index contributed by atoms with van der Waals surface area (Å²) >= 11 is 6.41. The highest BCUT2D eigenvalue weighted by atomic mass is 35.5. The van der Waals surface area contributed by atoms with Crippen LogP contribution in [-0.2, 0) is 0 Å². The Labute approximate surface area is 120 Å². The first-order chi connectivity index (χ1) is 9.24. The summed E-state index contributed by atoms with van der Waals surface area (Å²) in [6, 6.07) is 4.27. The van der Waals surface area contributed by atoms with E-state index in [9.17, 15) is 0 Å². The number of ether oxygens (including phenoxy) is 1. The summed E-state index contributed by atoms with van der Waals surface area (Å²) in [5.74, 6) is 2.24. The van der Waals surface area contributed by atoms with E-state index in [0.29, 0.717) is 5.92 Å². The second kappa shape index (κ2) is 5.72. The minimum absolute atomic E-state index is 0.542. The highest BCUT2D eigenvalue weighted by Crippen LogP contribution is 2.39. The zero-order valence-electron chi connectivity index (χ0n) is 11.5. The smallest absolute Gasteiger partial charge is 0.141 e. The summed E-state index contributed by atoms with van der Waals surface area (Å²) < 4.78 is 6.04. The summed E-state index contributed by atoms with van der Waals surface area (Å²) in [6.07, 6.45) is 5.08. The molecule has 2 nitrogen and oxygen atoms in total. The van der Waals surface area contributed by atoms with Crippen LogP contribution in [0.15, 0.2) is 12.1 Å². The van der Waals surface area contributed by atoms with Gasteiger partial charge in [-0.3, -0.25) is 0 Å². The Morgan fingerprint density at radius 2 is 2.16 bits per heavy atom. The normalized spacial score (nSPS) is 23.4. The summed E-state index contributed by atoms with van der Waals surface area (Å²) in [5.41, 5.74) is 2.53. The Balaban J connectivity index is 1.85. The second-order valence-corrected chi connectivity index (χ2v) is 6.37. The lowest BCUT2D eigenvalue weighted by molar-refractivity contribution is 0.292. The van der Waals surface area contributed by atoms with Gasteiger partial charge in [0.1, 0.15) is 5.75 Å². The van der Waals surface area contributed by atoms with Gasteiger partial charge in [-0.1, -0.05) is 17.7 Å². The van der Waals surface area contributed by atoms with Crippen LogP contribution in [-0.4, -0.2) is 19.7 Å².